The van der Waals surface area contributed by atoms with E-state index in [-0.39, 0.29) is 4.86 Å². The first kappa shape index (κ1) is 17.7. The van der Waals surface area contributed by atoms with Crippen LogP contribution in [0.4, 0.5) is 0 Å². The molecule has 0 aromatic carbocycles. The van der Waals surface area contributed by atoms with E-state index in [0.29, 0.717) is 19.6 Å². The van der Waals surface area contributed by atoms with Crippen LogP contribution >= 0.6 is 0 Å². The van der Waals surface area contributed by atoms with Crippen LogP contribution in [0.1, 0.15) is 6.92 Å². The Bertz CT molecular complexity index is 276. The van der Waals surface area contributed by atoms with Gasteiger partial charge in [0.15, 0.2) is 0 Å². The lowest BCUT2D eigenvalue weighted by atomic mass is 10.6. The highest BCUT2D eigenvalue weighted by atomic mass is 16.9. The molecule has 0 heterocycles. The van der Waals surface area contributed by atoms with Crippen LogP contribution in [0.5, 0.6) is 0 Å². The van der Waals surface area contributed by atoms with Crippen LogP contribution in [-0.2, 0) is 4.94 Å². The molecule has 112 valence electrons. The molecule has 1 unspecified atom stereocenters. The van der Waals surface area contributed by atoms with E-state index < -0.39 is 0 Å². The topological polar surface area (TPSA) is 117 Å². The SMILES string of the molecule is CC[N+](N)(NN(C)CCN(C)C=N)ONN(C)C=N. The lowest BCUT2D eigenvalue weighted by molar-refractivity contribution is -1.17. The molecule has 0 fully saturated rings. The van der Waals surface area contributed by atoms with Crippen LogP contribution in [0.3, 0.4) is 0 Å². The molecular formula is C9H26N9O+. The summed E-state index contributed by atoms with van der Waals surface area (Å²) in [5.41, 5.74) is 5.47. The second-order valence-electron chi connectivity index (χ2n) is 4.17. The summed E-state index contributed by atoms with van der Waals surface area (Å²) in [6, 6.07) is 0. The van der Waals surface area contributed by atoms with Gasteiger partial charge in [-0.15, -0.1) is 5.84 Å². The van der Waals surface area contributed by atoms with Crippen LogP contribution in [0.2, 0.25) is 0 Å². The van der Waals surface area contributed by atoms with Gasteiger partial charge in [0, 0.05) is 39.1 Å². The fraction of sp³-hybridized carbons (Fsp3) is 0.778. The molecule has 0 saturated heterocycles. The smallest absolute Gasteiger partial charge is 0.149 e. The largest absolute Gasteiger partial charge is 0.365 e. The quantitative estimate of drug-likeness (QED) is 0.102. The number of nitrogens with zero attached hydrogens (tertiary/aromatic N) is 4. The second-order valence-corrected chi connectivity index (χ2v) is 4.17. The van der Waals surface area contributed by atoms with Crippen LogP contribution in [0.25, 0.3) is 0 Å². The van der Waals surface area contributed by atoms with Gasteiger partial charge in [-0.05, 0) is 17.4 Å². The minimum Gasteiger partial charge on any atom is -0.365 e. The van der Waals surface area contributed by atoms with Gasteiger partial charge in [0.1, 0.15) is 6.54 Å². The minimum absolute atomic E-state index is 0.386. The maximum absolute atomic E-state index is 7.08. The van der Waals surface area contributed by atoms with E-state index in [1.54, 1.807) is 17.0 Å². The lowest BCUT2D eigenvalue weighted by Gasteiger charge is -2.32. The Morgan fingerprint density at radius 1 is 1.21 bits per heavy atom. The molecule has 0 aromatic rings. The van der Waals surface area contributed by atoms with Crippen molar-refractivity contribution in [3.05, 3.63) is 0 Å². The molecule has 0 rings (SSSR count). The average Bonchev–Trinajstić information content (AvgIpc) is 2.41. The molecule has 0 aliphatic rings. The number of hydrogen-bond acceptors (Lipinski definition) is 7. The highest BCUT2D eigenvalue weighted by Gasteiger charge is 2.26. The Labute approximate surface area is 114 Å². The summed E-state index contributed by atoms with van der Waals surface area (Å²) in [6.07, 6.45) is 2.32. The van der Waals surface area contributed by atoms with Gasteiger partial charge in [-0.2, -0.15) is 5.01 Å². The third-order valence-corrected chi connectivity index (χ3v) is 2.36. The van der Waals surface area contributed by atoms with Crippen molar-refractivity contribution >= 4 is 12.7 Å². The van der Waals surface area contributed by atoms with Crippen molar-refractivity contribution in [2.75, 3.05) is 40.8 Å². The maximum Gasteiger partial charge on any atom is 0.149 e. The summed E-state index contributed by atoms with van der Waals surface area (Å²) in [6.45, 7) is 3.66. The molecule has 0 amide bonds. The first-order valence-electron chi connectivity index (χ1n) is 5.91. The molecule has 10 heteroatoms. The number of hydrazine groups is 2. The Morgan fingerprint density at radius 3 is 2.32 bits per heavy atom. The molecule has 0 aromatic heterocycles. The second kappa shape index (κ2) is 8.74. The maximum atomic E-state index is 7.08. The molecule has 10 nitrogen and oxygen atoms in total. The zero-order chi connectivity index (χ0) is 14.9. The van der Waals surface area contributed by atoms with E-state index in [0.717, 1.165) is 6.34 Å². The van der Waals surface area contributed by atoms with Crippen molar-refractivity contribution in [2.24, 2.45) is 5.84 Å². The zero-order valence-electron chi connectivity index (χ0n) is 12.1. The number of quaternary nitrogens is 1. The predicted octanol–water partition coefficient (Wildman–Crippen LogP) is -1.52. The highest BCUT2D eigenvalue weighted by Crippen LogP contribution is 1.93. The van der Waals surface area contributed by atoms with Crippen molar-refractivity contribution < 1.29 is 9.80 Å². The Balaban J connectivity index is 4.19. The van der Waals surface area contributed by atoms with Crippen molar-refractivity contribution in [3.63, 3.8) is 0 Å². The van der Waals surface area contributed by atoms with Gasteiger partial charge < -0.3 is 4.90 Å². The predicted molar refractivity (Wildman–Crippen MR) is 72.9 cm³/mol. The summed E-state index contributed by atoms with van der Waals surface area (Å²) >= 11 is 0. The van der Waals surface area contributed by atoms with Gasteiger partial charge in [-0.1, -0.05) is 5.59 Å². The molecule has 0 radical (unpaired) electrons. The number of nitrogens with one attached hydrogen (secondary N) is 4. The summed E-state index contributed by atoms with van der Waals surface area (Å²) in [7, 11) is 5.27. The van der Waals surface area contributed by atoms with E-state index >= 15 is 0 Å². The van der Waals surface area contributed by atoms with E-state index in [1.165, 1.54) is 11.3 Å². The van der Waals surface area contributed by atoms with Crippen molar-refractivity contribution in [1.29, 1.82) is 10.8 Å². The van der Waals surface area contributed by atoms with E-state index in [1.807, 2.05) is 21.0 Å². The summed E-state index contributed by atoms with van der Waals surface area (Å²) < 4.78 is 0. The molecule has 1 atom stereocenters. The van der Waals surface area contributed by atoms with Crippen LogP contribution in [0, 0.1) is 10.8 Å². The van der Waals surface area contributed by atoms with Gasteiger partial charge >= 0.3 is 0 Å². The monoisotopic (exact) mass is 276 g/mol. The Morgan fingerprint density at radius 2 is 1.84 bits per heavy atom. The molecule has 19 heavy (non-hydrogen) atoms. The van der Waals surface area contributed by atoms with Crippen LogP contribution in [0.15, 0.2) is 0 Å². The molecule has 0 bridgehead atoms. The number of hydrogen-bond donors (Lipinski definition) is 5. The Hall–Kier alpha value is -1.30. The first-order valence-corrected chi connectivity index (χ1v) is 5.91. The van der Waals surface area contributed by atoms with Gasteiger partial charge in [0.2, 0.25) is 0 Å². The fourth-order valence-electron chi connectivity index (χ4n) is 1.03. The third-order valence-electron chi connectivity index (χ3n) is 2.36. The average molecular weight is 276 g/mol. The van der Waals surface area contributed by atoms with Gasteiger partial charge in [0.25, 0.3) is 0 Å². The van der Waals surface area contributed by atoms with E-state index in [2.05, 4.69) is 11.1 Å². The lowest BCUT2D eigenvalue weighted by Crippen LogP contribution is -2.70. The van der Waals surface area contributed by atoms with Gasteiger partial charge in [-0.3, -0.25) is 15.8 Å². The number of likely N-dealkylation sites (N-methyl/N-ethyl adjacent to an activating group) is 2. The number of rotatable bonds is 11. The van der Waals surface area contributed by atoms with Gasteiger partial charge in [-0.25, -0.2) is 0 Å². The van der Waals surface area contributed by atoms with E-state index in [9.17, 15) is 0 Å². The van der Waals surface area contributed by atoms with Crippen molar-refractivity contribution in [3.8, 4) is 0 Å². The fourth-order valence-corrected chi connectivity index (χ4v) is 1.03. The normalized spacial score (nSPS) is 14.0. The third kappa shape index (κ3) is 7.66. The molecule has 6 N–H and O–H groups in total. The molecule has 0 saturated carbocycles. The zero-order valence-corrected chi connectivity index (χ0v) is 12.1. The van der Waals surface area contributed by atoms with Crippen molar-refractivity contribution in [2.45, 2.75) is 6.92 Å². The highest BCUT2D eigenvalue weighted by molar-refractivity contribution is 5.49. The summed E-state index contributed by atoms with van der Waals surface area (Å²) in [5, 5.41) is 17.2. The molecule has 0 spiro atoms. The molecular weight excluding hydrogens is 250 g/mol. The minimum atomic E-state index is -0.386. The van der Waals surface area contributed by atoms with Gasteiger partial charge in [0.05, 0.1) is 12.7 Å². The van der Waals surface area contributed by atoms with E-state index in [4.69, 9.17) is 21.6 Å². The standard InChI is InChI=1S/C9H26N9O/c1-5-18(12,19-14-17(4)9-11)13-16(3)7-6-15(2)8-10/h8-11,13-14H,5-7,12H2,1-4H3/q+1. The number of hydroxylamine groups is 1. The van der Waals surface area contributed by atoms with Crippen LogP contribution < -0.4 is 17.0 Å². The Kier molecular flexibility index (Phi) is 8.14. The van der Waals surface area contributed by atoms with Crippen LogP contribution in [-0.4, -0.2) is 73.2 Å². The first-order chi connectivity index (χ1) is 8.86. The molecule has 0 aliphatic carbocycles. The summed E-state index contributed by atoms with van der Waals surface area (Å²) in [4.78, 5) is 6.63. The van der Waals surface area contributed by atoms with Crippen molar-refractivity contribution in [1.82, 2.24) is 26.0 Å². The molecule has 0 aliphatic heterocycles. The summed E-state index contributed by atoms with van der Waals surface area (Å²) in [5.74, 6) is 5.98. The number of nitrogens with two attached hydrogens (primary N) is 1.